The molecule has 0 amide bonds. The molecule has 0 radical (unpaired) electrons. The van der Waals surface area contributed by atoms with Gasteiger partial charge < -0.3 is 40.0 Å². The standard InChI is InChI=1S/C18H29NO3.C14H20N2O2/c1-14(2)19-11-17(20)13-22-18-7-5-15(6-8-18)9-10-21-12-16-3-4-16;1-10(2)16-8-11(17)9-18-14-5-3-4-13-12(14)6-7-15-13/h5-8,14,16-17,19-20H,3-4,9-13H2,1-2H3;3-7,10-11,15-17H,8-9H2,1-2H3. The van der Waals surface area contributed by atoms with E-state index in [-0.39, 0.29) is 0 Å². The molecule has 3 aromatic rings. The van der Waals surface area contributed by atoms with Crippen LogP contribution in [0.2, 0.25) is 0 Å². The van der Waals surface area contributed by atoms with Gasteiger partial charge in [0.25, 0.3) is 0 Å². The lowest BCUT2D eigenvalue weighted by molar-refractivity contribution is 0.104. The molecule has 2 atom stereocenters. The third kappa shape index (κ3) is 12.7. The Morgan fingerprint density at radius 1 is 0.850 bits per heavy atom. The van der Waals surface area contributed by atoms with Crippen molar-refractivity contribution in [1.29, 1.82) is 0 Å². The van der Waals surface area contributed by atoms with Gasteiger partial charge in [-0.05, 0) is 61.1 Å². The third-order valence-electron chi connectivity index (χ3n) is 6.46. The van der Waals surface area contributed by atoms with Gasteiger partial charge in [0, 0.05) is 48.9 Å². The Morgan fingerprint density at radius 2 is 1.50 bits per heavy atom. The third-order valence-corrected chi connectivity index (χ3v) is 6.46. The van der Waals surface area contributed by atoms with Gasteiger partial charge in [0.1, 0.15) is 36.9 Å². The number of aliphatic hydroxyl groups excluding tert-OH is 2. The fourth-order valence-electron chi connectivity index (χ4n) is 3.90. The molecule has 4 rings (SSSR count). The van der Waals surface area contributed by atoms with Gasteiger partial charge in [-0.15, -0.1) is 0 Å². The monoisotopic (exact) mass is 555 g/mol. The summed E-state index contributed by atoms with van der Waals surface area (Å²) >= 11 is 0. The van der Waals surface area contributed by atoms with Crippen molar-refractivity contribution in [1.82, 2.24) is 15.6 Å². The van der Waals surface area contributed by atoms with Crippen molar-refractivity contribution in [3.05, 3.63) is 60.3 Å². The number of nitrogens with one attached hydrogen (secondary N) is 3. The van der Waals surface area contributed by atoms with Crippen molar-refractivity contribution < 1.29 is 24.4 Å². The predicted octanol–water partition coefficient (Wildman–Crippen LogP) is 4.30. The fourth-order valence-corrected chi connectivity index (χ4v) is 3.90. The maximum Gasteiger partial charge on any atom is 0.128 e. The Kier molecular flexibility index (Phi) is 13.8. The van der Waals surface area contributed by atoms with Gasteiger partial charge in [0.2, 0.25) is 0 Å². The van der Waals surface area contributed by atoms with Gasteiger partial charge in [-0.1, -0.05) is 45.9 Å². The molecule has 8 nitrogen and oxygen atoms in total. The molecular formula is C32H49N3O5. The van der Waals surface area contributed by atoms with E-state index in [1.165, 1.54) is 18.4 Å². The quantitative estimate of drug-likeness (QED) is 0.158. The summed E-state index contributed by atoms with van der Waals surface area (Å²) in [5, 5.41) is 27.0. The highest BCUT2D eigenvalue weighted by Gasteiger charge is 2.20. The molecule has 40 heavy (non-hydrogen) atoms. The van der Waals surface area contributed by atoms with Gasteiger partial charge in [-0.25, -0.2) is 0 Å². The van der Waals surface area contributed by atoms with Crippen LogP contribution in [0.15, 0.2) is 54.7 Å². The fraction of sp³-hybridized carbons (Fsp3) is 0.562. The summed E-state index contributed by atoms with van der Waals surface area (Å²) in [6.07, 6.45) is 4.51. The van der Waals surface area contributed by atoms with Crippen LogP contribution in [-0.4, -0.2) is 79.0 Å². The first kappa shape index (κ1) is 31.9. The Morgan fingerprint density at radius 3 is 2.12 bits per heavy atom. The number of rotatable bonds is 17. The summed E-state index contributed by atoms with van der Waals surface area (Å²) < 4.78 is 16.9. The average Bonchev–Trinajstić information content (AvgIpc) is 3.64. The lowest BCUT2D eigenvalue weighted by Gasteiger charge is -2.15. The van der Waals surface area contributed by atoms with Crippen LogP contribution in [0, 0.1) is 5.92 Å². The topological polar surface area (TPSA) is 108 Å². The van der Waals surface area contributed by atoms with Crippen LogP contribution in [0.5, 0.6) is 11.5 Å². The summed E-state index contributed by atoms with van der Waals surface area (Å²) in [4.78, 5) is 3.13. The van der Waals surface area contributed by atoms with Crippen LogP contribution in [0.4, 0.5) is 0 Å². The molecule has 1 saturated carbocycles. The SMILES string of the molecule is CC(C)NCC(O)COc1ccc(CCOCC2CC2)cc1.CC(C)NCC(O)COc1cccc2[nH]ccc12. The van der Waals surface area contributed by atoms with Gasteiger partial charge >= 0.3 is 0 Å². The molecule has 0 saturated heterocycles. The Balaban J connectivity index is 0.000000225. The minimum Gasteiger partial charge on any atom is -0.491 e. The van der Waals surface area contributed by atoms with Crippen LogP contribution in [0.3, 0.4) is 0 Å². The molecular weight excluding hydrogens is 506 g/mol. The van der Waals surface area contributed by atoms with Gasteiger partial charge in [-0.3, -0.25) is 0 Å². The number of aromatic amines is 1. The summed E-state index contributed by atoms with van der Waals surface area (Å²) in [5.74, 6) is 2.43. The molecule has 0 aliphatic heterocycles. The molecule has 2 unspecified atom stereocenters. The van der Waals surface area contributed by atoms with Crippen LogP contribution < -0.4 is 20.1 Å². The molecule has 222 valence electrons. The lowest BCUT2D eigenvalue weighted by Crippen LogP contribution is -2.35. The van der Waals surface area contributed by atoms with Gasteiger partial charge in [-0.2, -0.15) is 0 Å². The second-order valence-electron chi connectivity index (χ2n) is 11.2. The zero-order chi connectivity index (χ0) is 28.7. The number of hydrogen-bond donors (Lipinski definition) is 5. The molecule has 5 N–H and O–H groups in total. The minimum atomic E-state index is -0.499. The van der Waals surface area contributed by atoms with Crippen LogP contribution >= 0.6 is 0 Å². The molecule has 1 aliphatic carbocycles. The summed E-state index contributed by atoms with van der Waals surface area (Å²) in [5.41, 5.74) is 2.30. The highest BCUT2D eigenvalue weighted by atomic mass is 16.5. The highest BCUT2D eigenvalue weighted by molar-refractivity contribution is 5.85. The number of benzene rings is 2. The van der Waals surface area contributed by atoms with E-state index in [0.29, 0.717) is 38.4 Å². The lowest BCUT2D eigenvalue weighted by atomic mass is 10.1. The summed E-state index contributed by atoms with van der Waals surface area (Å²) in [6.45, 7) is 11.6. The maximum absolute atomic E-state index is 9.80. The molecule has 1 fully saturated rings. The molecule has 1 aliphatic rings. The second-order valence-corrected chi connectivity index (χ2v) is 11.2. The smallest absolute Gasteiger partial charge is 0.128 e. The Bertz CT molecular complexity index is 1080. The number of ether oxygens (including phenoxy) is 3. The van der Waals surface area contributed by atoms with E-state index in [9.17, 15) is 10.2 Å². The highest BCUT2D eigenvalue weighted by Crippen LogP contribution is 2.28. The number of aliphatic hydroxyl groups is 2. The minimum absolute atomic E-state index is 0.296. The van der Waals surface area contributed by atoms with E-state index < -0.39 is 12.2 Å². The first-order valence-corrected chi connectivity index (χ1v) is 14.6. The number of fused-ring (bicyclic) bond motifs is 1. The van der Waals surface area contributed by atoms with Crippen molar-refractivity contribution in [2.45, 2.75) is 71.2 Å². The van der Waals surface area contributed by atoms with E-state index in [1.807, 2.05) is 56.4 Å². The van der Waals surface area contributed by atoms with E-state index in [4.69, 9.17) is 14.2 Å². The molecule has 1 heterocycles. The second kappa shape index (κ2) is 17.3. The maximum atomic E-state index is 9.80. The zero-order valence-electron chi connectivity index (χ0n) is 24.6. The number of aromatic nitrogens is 1. The zero-order valence-corrected chi connectivity index (χ0v) is 24.6. The van der Waals surface area contributed by atoms with E-state index in [1.54, 1.807) is 0 Å². The normalized spacial score (nSPS) is 14.7. The predicted molar refractivity (Wildman–Crippen MR) is 161 cm³/mol. The van der Waals surface area contributed by atoms with Crippen LogP contribution in [0.25, 0.3) is 10.9 Å². The molecule has 0 spiro atoms. The molecule has 1 aromatic heterocycles. The number of hydrogen-bond acceptors (Lipinski definition) is 7. The van der Waals surface area contributed by atoms with Gasteiger partial charge in [0.05, 0.1) is 6.61 Å². The number of H-pyrrole nitrogens is 1. The average molecular weight is 556 g/mol. The molecule has 2 aromatic carbocycles. The first-order chi connectivity index (χ1) is 19.3. The Hall–Kier alpha value is -2.62. The van der Waals surface area contributed by atoms with Crippen molar-refractivity contribution in [3.8, 4) is 11.5 Å². The van der Waals surface area contributed by atoms with Crippen molar-refractivity contribution >= 4 is 10.9 Å². The van der Waals surface area contributed by atoms with Crippen molar-refractivity contribution in [2.75, 3.05) is 39.5 Å². The molecule has 0 bridgehead atoms. The van der Waals surface area contributed by atoms with E-state index in [2.05, 4.69) is 41.6 Å². The van der Waals surface area contributed by atoms with Gasteiger partial charge in [0.15, 0.2) is 0 Å². The van der Waals surface area contributed by atoms with Crippen molar-refractivity contribution in [3.63, 3.8) is 0 Å². The van der Waals surface area contributed by atoms with Crippen LogP contribution in [-0.2, 0) is 11.2 Å². The van der Waals surface area contributed by atoms with E-state index >= 15 is 0 Å². The van der Waals surface area contributed by atoms with E-state index in [0.717, 1.165) is 48.0 Å². The summed E-state index contributed by atoms with van der Waals surface area (Å²) in [7, 11) is 0. The first-order valence-electron chi connectivity index (χ1n) is 14.6. The largest absolute Gasteiger partial charge is 0.491 e. The summed E-state index contributed by atoms with van der Waals surface area (Å²) in [6, 6.07) is 16.6. The molecule has 8 heteroatoms. The van der Waals surface area contributed by atoms with Crippen LogP contribution in [0.1, 0.15) is 46.1 Å². The van der Waals surface area contributed by atoms with Crippen molar-refractivity contribution in [2.24, 2.45) is 5.92 Å². The Labute approximate surface area is 239 Å².